The van der Waals surface area contributed by atoms with E-state index in [9.17, 15) is 8.42 Å². The number of hydrogen-bond donors (Lipinski definition) is 1. The highest BCUT2D eigenvalue weighted by molar-refractivity contribution is 7.89. The fraction of sp³-hybridized carbons (Fsp3) is 0.0909. The molecule has 0 amide bonds. The van der Waals surface area contributed by atoms with Crippen molar-refractivity contribution in [3.63, 3.8) is 0 Å². The first-order chi connectivity index (χ1) is 7.54. The van der Waals surface area contributed by atoms with Crippen molar-refractivity contribution in [2.24, 2.45) is 0 Å². The number of sulfonamides is 1. The third kappa shape index (κ3) is 1.91. The van der Waals surface area contributed by atoms with Gasteiger partial charge in [-0.2, -0.15) is 0 Å². The van der Waals surface area contributed by atoms with Crippen LogP contribution < -0.4 is 4.72 Å². The number of nitrogens with one attached hydrogen (secondary N) is 1. The standard InChI is InChI=1S/C11H10ClNO2S/c1-13-16(14,15)9-5-6-10-8(7-9)3-2-4-11(10)12/h2-7,13H,1H3. The van der Waals surface area contributed by atoms with Crippen LogP contribution in [-0.2, 0) is 10.0 Å². The van der Waals surface area contributed by atoms with Crippen LogP contribution in [0.1, 0.15) is 0 Å². The highest BCUT2D eigenvalue weighted by Gasteiger charge is 2.11. The zero-order valence-corrected chi connectivity index (χ0v) is 10.1. The molecule has 0 unspecified atom stereocenters. The summed E-state index contributed by atoms with van der Waals surface area (Å²) >= 11 is 5.99. The van der Waals surface area contributed by atoms with Crippen LogP contribution in [0, 0.1) is 0 Å². The van der Waals surface area contributed by atoms with Gasteiger partial charge in [0.05, 0.1) is 4.90 Å². The second kappa shape index (κ2) is 4.05. The fourth-order valence-corrected chi connectivity index (χ4v) is 2.52. The first-order valence-corrected chi connectivity index (χ1v) is 6.52. The van der Waals surface area contributed by atoms with Gasteiger partial charge in [-0.15, -0.1) is 0 Å². The Kier molecular flexibility index (Phi) is 2.88. The predicted octanol–water partition coefficient (Wildman–Crippen LogP) is 2.40. The minimum Gasteiger partial charge on any atom is -0.214 e. The maximum atomic E-state index is 11.6. The van der Waals surface area contributed by atoms with Gasteiger partial charge < -0.3 is 0 Å². The first kappa shape index (κ1) is 11.4. The minimum absolute atomic E-state index is 0.241. The van der Waals surface area contributed by atoms with Crippen molar-refractivity contribution in [2.45, 2.75) is 4.90 Å². The van der Waals surface area contributed by atoms with Gasteiger partial charge in [0.25, 0.3) is 0 Å². The van der Waals surface area contributed by atoms with Crippen LogP contribution in [0.5, 0.6) is 0 Å². The van der Waals surface area contributed by atoms with Gasteiger partial charge in [0.15, 0.2) is 0 Å². The zero-order chi connectivity index (χ0) is 11.8. The molecule has 0 spiro atoms. The van der Waals surface area contributed by atoms with E-state index in [-0.39, 0.29) is 4.90 Å². The van der Waals surface area contributed by atoms with Crippen molar-refractivity contribution < 1.29 is 8.42 Å². The smallest absolute Gasteiger partial charge is 0.214 e. The Labute approximate surface area is 99.1 Å². The average molecular weight is 256 g/mol. The summed E-state index contributed by atoms with van der Waals surface area (Å²) in [5.74, 6) is 0. The lowest BCUT2D eigenvalue weighted by Crippen LogP contribution is -2.18. The van der Waals surface area contributed by atoms with E-state index in [1.54, 1.807) is 30.3 Å². The summed E-state index contributed by atoms with van der Waals surface area (Å²) in [4.78, 5) is 0.241. The molecule has 1 N–H and O–H groups in total. The monoisotopic (exact) mass is 255 g/mol. The van der Waals surface area contributed by atoms with Gasteiger partial charge in [-0.25, -0.2) is 13.1 Å². The van der Waals surface area contributed by atoms with Gasteiger partial charge in [-0.3, -0.25) is 0 Å². The van der Waals surface area contributed by atoms with Crippen LogP contribution in [-0.4, -0.2) is 15.5 Å². The largest absolute Gasteiger partial charge is 0.240 e. The molecule has 16 heavy (non-hydrogen) atoms. The lowest BCUT2D eigenvalue weighted by atomic mass is 10.1. The maximum absolute atomic E-state index is 11.6. The van der Waals surface area contributed by atoms with Crippen LogP contribution in [0.25, 0.3) is 10.8 Å². The SMILES string of the molecule is CNS(=O)(=O)c1ccc2c(Cl)cccc2c1. The van der Waals surface area contributed by atoms with Gasteiger partial charge in [0.2, 0.25) is 10.0 Å². The molecule has 0 bridgehead atoms. The van der Waals surface area contributed by atoms with Crippen molar-refractivity contribution in [2.75, 3.05) is 7.05 Å². The number of hydrogen-bond acceptors (Lipinski definition) is 2. The van der Waals surface area contributed by atoms with Gasteiger partial charge in [0.1, 0.15) is 0 Å². The predicted molar refractivity (Wildman–Crippen MR) is 65.2 cm³/mol. The number of fused-ring (bicyclic) bond motifs is 1. The van der Waals surface area contributed by atoms with Gasteiger partial charge in [0, 0.05) is 10.4 Å². The molecule has 0 radical (unpaired) electrons. The topological polar surface area (TPSA) is 46.2 Å². The van der Waals surface area contributed by atoms with E-state index in [0.717, 1.165) is 10.8 Å². The summed E-state index contributed by atoms with van der Waals surface area (Å²) in [5.41, 5.74) is 0. The van der Waals surface area contributed by atoms with E-state index in [4.69, 9.17) is 11.6 Å². The molecule has 0 fully saturated rings. The van der Waals surface area contributed by atoms with Gasteiger partial charge in [-0.05, 0) is 30.6 Å². The average Bonchev–Trinajstić information content (AvgIpc) is 2.29. The molecule has 3 nitrogen and oxygen atoms in total. The molecule has 0 aromatic heterocycles. The van der Waals surface area contributed by atoms with Crippen molar-refractivity contribution in [3.8, 4) is 0 Å². The zero-order valence-electron chi connectivity index (χ0n) is 8.57. The molecule has 0 saturated carbocycles. The van der Waals surface area contributed by atoms with E-state index >= 15 is 0 Å². The molecule has 0 aliphatic heterocycles. The van der Waals surface area contributed by atoms with Crippen molar-refractivity contribution in [1.29, 1.82) is 0 Å². The molecule has 0 heterocycles. The quantitative estimate of drug-likeness (QED) is 0.896. The number of rotatable bonds is 2. The second-order valence-electron chi connectivity index (χ2n) is 3.33. The summed E-state index contributed by atoms with van der Waals surface area (Å²) in [7, 11) is -2.01. The molecule has 0 atom stereocenters. The Morgan fingerprint density at radius 3 is 2.62 bits per heavy atom. The summed E-state index contributed by atoms with van der Waals surface area (Å²) in [6.45, 7) is 0. The van der Waals surface area contributed by atoms with E-state index in [1.807, 2.05) is 6.07 Å². The lowest BCUT2D eigenvalue weighted by molar-refractivity contribution is 0.588. The van der Waals surface area contributed by atoms with E-state index in [2.05, 4.69) is 4.72 Å². The third-order valence-electron chi connectivity index (χ3n) is 2.38. The number of benzene rings is 2. The molecular formula is C11H10ClNO2S. The normalized spacial score (nSPS) is 11.9. The molecule has 2 aromatic carbocycles. The Morgan fingerprint density at radius 1 is 1.19 bits per heavy atom. The molecule has 0 aliphatic rings. The minimum atomic E-state index is -3.40. The molecule has 2 aromatic rings. The van der Waals surface area contributed by atoms with Crippen LogP contribution in [0.3, 0.4) is 0 Å². The molecular weight excluding hydrogens is 246 g/mol. The van der Waals surface area contributed by atoms with Crippen LogP contribution in [0.2, 0.25) is 5.02 Å². The van der Waals surface area contributed by atoms with E-state index in [1.165, 1.54) is 7.05 Å². The maximum Gasteiger partial charge on any atom is 0.240 e. The Bertz CT molecular complexity index is 637. The van der Waals surface area contributed by atoms with Gasteiger partial charge in [-0.1, -0.05) is 29.8 Å². The third-order valence-corrected chi connectivity index (χ3v) is 4.12. The van der Waals surface area contributed by atoms with Crippen molar-refractivity contribution in [3.05, 3.63) is 41.4 Å². The first-order valence-electron chi connectivity index (χ1n) is 4.66. The van der Waals surface area contributed by atoms with E-state index in [0.29, 0.717) is 5.02 Å². The summed E-state index contributed by atoms with van der Waals surface area (Å²) in [6, 6.07) is 10.3. The summed E-state index contributed by atoms with van der Waals surface area (Å²) in [6.07, 6.45) is 0. The molecule has 0 saturated heterocycles. The Morgan fingerprint density at radius 2 is 1.94 bits per heavy atom. The van der Waals surface area contributed by atoms with Crippen LogP contribution in [0.15, 0.2) is 41.3 Å². The Hall–Kier alpha value is -1.10. The van der Waals surface area contributed by atoms with Crippen molar-refractivity contribution in [1.82, 2.24) is 4.72 Å². The molecule has 5 heteroatoms. The van der Waals surface area contributed by atoms with E-state index < -0.39 is 10.0 Å². The highest BCUT2D eigenvalue weighted by atomic mass is 35.5. The highest BCUT2D eigenvalue weighted by Crippen LogP contribution is 2.25. The lowest BCUT2D eigenvalue weighted by Gasteiger charge is -2.05. The molecule has 84 valence electrons. The fourth-order valence-electron chi connectivity index (χ4n) is 1.51. The molecule has 0 aliphatic carbocycles. The Balaban J connectivity index is 2.71. The van der Waals surface area contributed by atoms with Crippen molar-refractivity contribution >= 4 is 32.4 Å². The van der Waals surface area contributed by atoms with Crippen LogP contribution >= 0.6 is 11.6 Å². The summed E-state index contributed by atoms with van der Waals surface area (Å²) < 4.78 is 25.4. The van der Waals surface area contributed by atoms with Gasteiger partial charge >= 0.3 is 0 Å². The van der Waals surface area contributed by atoms with Crippen LogP contribution in [0.4, 0.5) is 0 Å². The summed E-state index contributed by atoms with van der Waals surface area (Å²) in [5, 5.41) is 2.27. The second-order valence-corrected chi connectivity index (χ2v) is 5.62. The molecule has 2 rings (SSSR count). The number of halogens is 1.